The van der Waals surface area contributed by atoms with Gasteiger partial charge in [-0.25, -0.2) is 15.0 Å². The normalized spacial score (nSPS) is 12.1. The van der Waals surface area contributed by atoms with E-state index in [1.807, 2.05) is 36.4 Å². The molecule has 0 saturated carbocycles. The van der Waals surface area contributed by atoms with E-state index in [1.54, 1.807) is 21.3 Å². The van der Waals surface area contributed by atoms with Gasteiger partial charge in [0.1, 0.15) is 17.2 Å². The summed E-state index contributed by atoms with van der Waals surface area (Å²) in [6.45, 7) is 15.1. The Balaban J connectivity index is 0.000000115. The summed E-state index contributed by atoms with van der Waals surface area (Å²) in [6.07, 6.45) is 0. The van der Waals surface area contributed by atoms with Crippen LogP contribution < -0.4 is 14.2 Å². The second-order valence-electron chi connectivity index (χ2n) is 18.1. The van der Waals surface area contributed by atoms with Crippen LogP contribution in [0.2, 0.25) is 0 Å². The van der Waals surface area contributed by atoms with Crippen LogP contribution in [0.15, 0.2) is 97.1 Å². The molecule has 6 aromatic carbocycles. The molecule has 65 heavy (non-hydrogen) atoms. The minimum Gasteiger partial charge on any atom is -0.496 e. The van der Waals surface area contributed by atoms with Gasteiger partial charge in [-0.3, -0.25) is 13.2 Å². The number of ether oxygens (including phenoxy) is 3. The molecular formula is C53H55N9O3. The van der Waals surface area contributed by atoms with Crippen molar-refractivity contribution in [2.45, 2.75) is 53.9 Å². The molecule has 0 amide bonds. The van der Waals surface area contributed by atoms with Gasteiger partial charge in [0.15, 0.2) is 0 Å². The fourth-order valence-corrected chi connectivity index (χ4v) is 10.1. The van der Waals surface area contributed by atoms with Crippen molar-refractivity contribution in [1.29, 1.82) is 0 Å². The Morgan fingerprint density at radius 1 is 0.415 bits per heavy atom. The monoisotopic (exact) mass is 865 g/mol. The van der Waals surface area contributed by atoms with E-state index in [-0.39, 0.29) is 5.41 Å². The molecule has 12 rings (SSSR count). The number of benzene rings is 6. The zero-order chi connectivity index (χ0) is 45.8. The van der Waals surface area contributed by atoms with Crippen LogP contribution in [0, 0.1) is 27.7 Å². The summed E-state index contributed by atoms with van der Waals surface area (Å²) >= 11 is 0. The third-order valence-corrected chi connectivity index (χ3v) is 13.3. The Morgan fingerprint density at radius 2 is 0.815 bits per heavy atom. The predicted octanol–water partition coefficient (Wildman–Crippen LogP) is 11.5. The van der Waals surface area contributed by atoms with E-state index >= 15 is 0 Å². The molecule has 0 atom stereocenters. The van der Waals surface area contributed by atoms with Crippen LogP contribution in [0.25, 0.3) is 83.5 Å². The van der Waals surface area contributed by atoms with Crippen molar-refractivity contribution in [3.63, 3.8) is 0 Å². The van der Waals surface area contributed by atoms with E-state index < -0.39 is 0 Å². The van der Waals surface area contributed by atoms with Crippen molar-refractivity contribution in [2.75, 3.05) is 21.3 Å². The number of para-hydroxylation sites is 4. The number of aryl methyl sites for hydroxylation is 7. The third-order valence-electron chi connectivity index (χ3n) is 13.3. The van der Waals surface area contributed by atoms with Crippen molar-refractivity contribution in [1.82, 2.24) is 41.9 Å². The van der Waals surface area contributed by atoms with E-state index in [1.165, 1.54) is 33.2 Å². The zero-order valence-electron chi connectivity index (χ0n) is 39.5. The fourth-order valence-electron chi connectivity index (χ4n) is 10.1. The number of nitrogens with zero attached hydrogens (tertiary/aromatic N) is 9. The topological polar surface area (TPSA) is 94.4 Å². The average molecular weight is 866 g/mol. The van der Waals surface area contributed by atoms with E-state index in [4.69, 9.17) is 29.2 Å². The van der Waals surface area contributed by atoms with Gasteiger partial charge >= 0.3 is 0 Å². The lowest BCUT2D eigenvalue weighted by Gasteiger charge is -2.19. The second-order valence-corrected chi connectivity index (χ2v) is 18.1. The maximum Gasteiger partial charge on any atom is 0.215 e. The van der Waals surface area contributed by atoms with Gasteiger partial charge in [-0.2, -0.15) is 0 Å². The van der Waals surface area contributed by atoms with E-state index in [0.717, 1.165) is 95.4 Å². The Bertz CT molecular complexity index is 3860. The van der Waals surface area contributed by atoms with Crippen molar-refractivity contribution >= 4 is 83.5 Å². The molecule has 6 aromatic heterocycles. The maximum absolute atomic E-state index is 5.49. The molecule has 0 fully saturated rings. The van der Waals surface area contributed by atoms with E-state index in [0.29, 0.717) is 0 Å². The standard InChI is InChI=1S/C20H23N3O.C17H17N3O.C16H15N3O/c1-12-16(24-6)11-10-15-18(12)22(5)19-21-17-13(20(2,3)4)8-7-9-14(17)23(15)19;1-10-6-5-7-12-15(10)18-17-19(3)16-11(2)14(21-4)9-8-13(16)20(12)17;1-10-14(20-3)9-8-13-15(10)18(2)16-17-11-6-4-5-7-12(11)19(13)16/h7-11H,1-6H3;5-9H,1-4H3;4-9H,1-3H3. The minimum atomic E-state index is 0.0619. The molecule has 12 aromatic rings. The molecule has 0 saturated heterocycles. The molecule has 0 aliphatic carbocycles. The first-order valence-corrected chi connectivity index (χ1v) is 21.9. The number of fused-ring (bicyclic) bond motifs is 15. The summed E-state index contributed by atoms with van der Waals surface area (Å²) in [5.41, 5.74) is 19.6. The first kappa shape index (κ1) is 41.5. The van der Waals surface area contributed by atoms with Crippen LogP contribution >= 0.6 is 0 Å². The van der Waals surface area contributed by atoms with Crippen LogP contribution in [0.4, 0.5) is 0 Å². The highest BCUT2D eigenvalue weighted by molar-refractivity contribution is 5.96. The lowest BCUT2D eigenvalue weighted by atomic mass is 9.86. The molecule has 330 valence electrons. The van der Waals surface area contributed by atoms with Crippen molar-refractivity contribution in [3.05, 3.63) is 125 Å². The summed E-state index contributed by atoms with van der Waals surface area (Å²) in [6, 6.07) is 33.4. The fraction of sp³-hybridized carbons (Fsp3) is 0.264. The molecular weight excluding hydrogens is 811 g/mol. The summed E-state index contributed by atoms with van der Waals surface area (Å²) in [4.78, 5) is 14.6. The van der Waals surface area contributed by atoms with Gasteiger partial charge in [0, 0.05) is 37.8 Å². The van der Waals surface area contributed by atoms with Crippen molar-refractivity contribution in [3.8, 4) is 17.2 Å². The number of hydrogen-bond donors (Lipinski definition) is 0. The minimum absolute atomic E-state index is 0.0619. The molecule has 0 spiro atoms. The number of hydrogen-bond acceptors (Lipinski definition) is 6. The predicted molar refractivity (Wildman–Crippen MR) is 265 cm³/mol. The first-order valence-electron chi connectivity index (χ1n) is 21.9. The van der Waals surface area contributed by atoms with Crippen LogP contribution in [-0.2, 0) is 26.6 Å². The van der Waals surface area contributed by atoms with E-state index in [9.17, 15) is 0 Å². The Kier molecular flexibility index (Phi) is 9.63. The molecule has 0 aliphatic heterocycles. The quantitative estimate of drug-likeness (QED) is 0.176. The maximum atomic E-state index is 5.49. The smallest absolute Gasteiger partial charge is 0.215 e. The highest BCUT2D eigenvalue weighted by Gasteiger charge is 2.24. The molecule has 6 heterocycles. The van der Waals surface area contributed by atoms with Crippen molar-refractivity contribution < 1.29 is 14.2 Å². The molecule has 0 aliphatic rings. The number of imidazole rings is 6. The molecule has 0 N–H and O–H groups in total. The average Bonchev–Trinajstić information content (AvgIpc) is 4.13. The Morgan fingerprint density at radius 3 is 1.29 bits per heavy atom. The lowest BCUT2D eigenvalue weighted by Crippen LogP contribution is -2.11. The molecule has 0 unspecified atom stereocenters. The van der Waals surface area contributed by atoms with Gasteiger partial charge in [0.25, 0.3) is 0 Å². The summed E-state index contributed by atoms with van der Waals surface area (Å²) in [5, 5.41) is 0. The number of aromatic nitrogens is 9. The zero-order valence-corrected chi connectivity index (χ0v) is 39.5. The summed E-state index contributed by atoms with van der Waals surface area (Å²) < 4.78 is 29.5. The van der Waals surface area contributed by atoms with Gasteiger partial charge in [-0.1, -0.05) is 57.2 Å². The largest absolute Gasteiger partial charge is 0.496 e. The van der Waals surface area contributed by atoms with E-state index in [2.05, 4.69) is 157 Å². The number of rotatable bonds is 3. The SMILES string of the molecule is COc1ccc2c(c1C)n(C)c1nc3c(C(C)(C)C)cccc3n21.COc1ccc2c(c1C)n(C)c1nc3c(C)cccc3n21.COc1ccc2c(c1C)n(C)c1nc3ccccc3n21. The lowest BCUT2D eigenvalue weighted by molar-refractivity contribution is 0.412. The van der Waals surface area contributed by atoms with Crippen LogP contribution in [0.3, 0.4) is 0 Å². The van der Waals surface area contributed by atoms with Gasteiger partial charge in [0.2, 0.25) is 17.3 Å². The highest BCUT2D eigenvalue weighted by atomic mass is 16.5. The molecule has 0 radical (unpaired) electrons. The van der Waals surface area contributed by atoms with Crippen LogP contribution in [-0.4, -0.2) is 63.2 Å². The number of methoxy groups -OCH3 is 3. The first-order chi connectivity index (χ1) is 31.2. The van der Waals surface area contributed by atoms with Gasteiger partial charge in [-0.05, 0) is 105 Å². The summed E-state index contributed by atoms with van der Waals surface area (Å²) in [5.74, 6) is 5.61. The highest BCUT2D eigenvalue weighted by Crippen LogP contribution is 2.37. The molecule has 12 nitrogen and oxygen atoms in total. The van der Waals surface area contributed by atoms with Crippen LogP contribution in [0.1, 0.15) is 48.6 Å². The molecule has 0 bridgehead atoms. The summed E-state index contributed by atoms with van der Waals surface area (Å²) in [7, 11) is 11.3. The molecule has 12 heteroatoms. The Hall–Kier alpha value is -7.47. The third kappa shape index (κ3) is 6.06. The van der Waals surface area contributed by atoms with Gasteiger partial charge in [-0.15, -0.1) is 0 Å². The van der Waals surface area contributed by atoms with Crippen LogP contribution in [0.5, 0.6) is 17.2 Å². The van der Waals surface area contributed by atoms with Gasteiger partial charge in [0.05, 0.1) is 87.5 Å². The van der Waals surface area contributed by atoms with Crippen molar-refractivity contribution in [2.24, 2.45) is 21.1 Å². The van der Waals surface area contributed by atoms with Gasteiger partial charge < -0.3 is 27.9 Å². The Labute approximate surface area is 376 Å². The second kappa shape index (κ2) is 15.1.